The third-order valence-electron chi connectivity index (χ3n) is 2.12. The van der Waals surface area contributed by atoms with Crippen LogP contribution in [-0.2, 0) is 9.59 Å². The van der Waals surface area contributed by atoms with Crippen molar-refractivity contribution in [3.63, 3.8) is 0 Å². The highest BCUT2D eigenvalue weighted by atomic mass is 16.4. The third-order valence-corrected chi connectivity index (χ3v) is 2.12. The van der Waals surface area contributed by atoms with Crippen molar-refractivity contribution in [1.29, 1.82) is 0 Å². The van der Waals surface area contributed by atoms with Crippen LogP contribution in [0.25, 0.3) is 0 Å². The summed E-state index contributed by atoms with van der Waals surface area (Å²) in [4.78, 5) is 40.4. The number of aromatic nitrogens is 2. The van der Waals surface area contributed by atoms with Crippen molar-refractivity contribution in [3.05, 3.63) is 18.7 Å². The van der Waals surface area contributed by atoms with Crippen molar-refractivity contribution in [2.45, 2.75) is 25.7 Å². The van der Waals surface area contributed by atoms with Gasteiger partial charge in [0.2, 0.25) is 5.91 Å². The number of nitrogens with zero attached hydrogens (tertiary/aromatic N) is 2. The van der Waals surface area contributed by atoms with Gasteiger partial charge in [-0.25, -0.2) is 14.8 Å². The monoisotopic (exact) mass is 266 g/mol. The zero-order valence-electron chi connectivity index (χ0n) is 10.1. The molecule has 0 spiro atoms. The molecule has 1 aromatic rings. The average Bonchev–Trinajstić information content (AvgIpc) is 2.35. The molecule has 19 heavy (non-hydrogen) atoms. The van der Waals surface area contributed by atoms with E-state index in [4.69, 9.17) is 5.11 Å². The Morgan fingerprint density at radius 3 is 2.37 bits per heavy atom. The summed E-state index contributed by atoms with van der Waals surface area (Å²) >= 11 is 0. The van der Waals surface area contributed by atoms with Crippen LogP contribution >= 0.6 is 0 Å². The number of hydrogen-bond donors (Lipinski definition) is 3. The lowest BCUT2D eigenvalue weighted by molar-refractivity contribution is -0.137. The number of nitrogens with one attached hydrogen (secondary N) is 2. The quantitative estimate of drug-likeness (QED) is 0.654. The number of carbonyl (C=O) groups is 3. The molecule has 0 radical (unpaired) electrons. The maximum atomic E-state index is 11.4. The standard InChI is InChI=1S/C11H14N4O4/c16-9(3-1-2-4-10(17)18)15-11(19)14-8-5-12-7-13-6-8/h5-7H,1-4H2,(H,17,18)(H2,14,15,16,19). The van der Waals surface area contributed by atoms with Crippen LogP contribution in [0.15, 0.2) is 18.7 Å². The fraction of sp³-hybridized carbons (Fsp3) is 0.364. The van der Waals surface area contributed by atoms with Gasteiger partial charge in [0, 0.05) is 12.8 Å². The van der Waals surface area contributed by atoms with Gasteiger partial charge in [-0.1, -0.05) is 0 Å². The SMILES string of the molecule is O=C(O)CCCCC(=O)NC(=O)Nc1cncnc1. The molecule has 0 saturated heterocycles. The number of carbonyl (C=O) groups excluding carboxylic acids is 2. The van der Waals surface area contributed by atoms with Gasteiger partial charge in [-0.05, 0) is 12.8 Å². The van der Waals surface area contributed by atoms with Crippen LogP contribution in [0.3, 0.4) is 0 Å². The Morgan fingerprint density at radius 1 is 1.11 bits per heavy atom. The van der Waals surface area contributed by atoms with Gasteiger partial charge < -0.3 is 10.4 Å². The molecule has 1 aromatic heterocycles. The highest BCUT2D eigenvalue weighted by Gasteiger charge is 2.08. The third kappa shape index (κ3) is 6.71. The van der Waals surface area contributed by atoms with Gasteiger partial charge >= 0.3 is 12.0 Å². The lowest BCUT2D eigenvalue weighted by Gasteiger charge is -2.05. The normalized spacial score (nSPS) is 9.68. The number of rotatable bonds is 6. The number of hydrogen-bond acceptors (Lipinski definition) is 5. The summed E-state index contributed by atoms with van der Waals surface area (Å²) in [5, 5.41) is 12.9. The number of amides is 3. The molecule has 0 saturated carbocycles. The van der Waals surface area contributed by atoms with E-state index in [1.54, 1.807) is 0 Å². The average molecular weight is 266 g/mol. The van der Waals surface area contributed by atoms with Crippen LogP contribution in [-0.4, -0.2) is 33.0 Å². The van der Waals surface area contributed by atoms with Crippen LogP contribution in [0.4, 0.5) is 10.5 Å². The molecule has 0 bridgehead atoms. The molecule has 0 aromatic carbocycles. The van der Waals surface area contributed by atoms with Gasteiger partial charge in [-0.3, -0.25) is 14.9 Å². The van der Waals surface area contributed by atoms with Gasteiger partial charge in [0.25, 0.3) is 0 Å². The van der Waals surface area contributed by atoms with Crippen molar-refractivity contribution in [2.24, 2.45) is 0 Å². The Kier molecular flexibility index (Phi) is 5.93. The highest BCUT2D eigenvalue weighted by Crippen LogP contribution is 2.01. The van der Waals surface area contributed by atoms with Crippen LogP contribution in [0, 0.1) is 0 Å². The molecule has 0 aliphatic heterocycles. The van der Waals surface area contributed by atoms with Crippen molar-refractivity contribution >= 4 is 23.6 Å². The van der Waals surface area contributed by atoms with Crippen molar-refractivity contribution < 1.29 is 19.5 Å². The Morgan fingerprint density at radius 2 is 1.74 bits per heavy atom. The predicted molar refractivity (Wildman–Crippen MR) is 65.3 cm³/mol. The van der Waals surface area contributed by atoms with E-state index in [0.29, 0.717) is 18.5 Å². The summed E-state index contributed by atoms with van der Waals surface area (Å²) in [7, 11) is 0. The number of imide groups is 1. The Labute approximate surface area is 109 Å². The molecule has 1 rings (SSSR count). The lowest BCUT2D eigenvalue weighted by Crippen LogP contribution is -2.34. The Hall–Kier alpha value is -2.51. The first-order valence-corrected chi connectivity index (χ1v) is 5.65. The molecule has 102 valence electrons. The minimum Gasteiger partial charge on any atom is -0.481 e. The number of unbranched alkanes of at least 4 members (excludes halogenated alkanes) is 1. The molecule has 8 nitrogen and oxygen atoms in total. The predicted octanol–water partition coefficient (Wildman–Crippen LogP) is 0.770. The fourth-order valence-electron chi connectivity index (χ4n) is 1.28. The number of carboxylic acid groups (broad SMARTS) is 1. The van der Waals surface area contributed by atoms with E-state index in [0.717, 1.165) is 0 Å². The first kappa shape index (κ1) is 14.6. The van der Waals surface area contributed by atoms with E-state index in [1.807, 2.05) is 0 Å². The number of carboxylic acids is 1. The summed E-state index contributed by atoms with van der Waals surface area (Å²) in [5.74, 6) is -1.36. The number of aliphatic carboxylic acids is 1. The second-order valence-corrected chi connectivity index (χ2v) is 3.73. The van der Waals surface area contributed by atoms with Crippen molar-refractivity contribution in [2.75, 3.05) is 5.32 Å². The minimum atomic E-state index is -0.901. The van der Waals surface area contributed by atoms with Gasteiger partial charge in [-0.2, -0.15) is 0 Å². The Bertz CT molecular complexity index is 449. The maximum Gasteiger partial charge on any atom is 0.325 e. The van der Waals surface area contributed by atoms with E-state index >= 15 is 0 Å². The zero-order chi connectivity index (χ0) is 14.1. The van der Waals surface area contributed by atoms with Crippen LogP contribution in [0.2, 0.25) is 0 Å². The first-order chi connectivity index (χ1) is 9.08. The van der Waals surface area contributed by atoms with E-state index in [1.165, 1.54) is 18.7 Å². The van der Waals surface area contributed by atoms with Gasteiger partial charge in [0.05, 0.1) is 18.1 Å². The molecule has 3 amide bonds. The van der Waals surface area contributed by atoms with Gasteiger partial charge in [0.1, 0.15) is 6.33 Å². The largest absolute Gasteiger partial charge is 0.481 e. The Balaban J connectivity index is 2.21. The maximum absolute atomic E-state index is 11.4. The molecule has 8 heteroatoms. The molecule has 0 aliphatic rings. The zero-order valence-corrected chi connectivity index (χ0v) is 10.1. The molecule has 0 unspecified atom stereocenters. The lowest BCUT2D eigenvalue weighted by atomic mass is 10.2. The minimum absolute atomic E-state index is 0.0147. The van der Waals surface area contributed by atoms with Crippen molar-refractivity contribution in [1.82, 2.24) is 15.3 Å². The summed E-state index contributed by atoms with van der Waals surface area (Å²) < 4.78 is 0. The number of urea groups is 1. The molecule has 1 heterocycles. The smallest absolute Gasteiger partial charge is 0.325 e. The summed E-state index contributed by atoms with van der Waals surface area (Å²) in [6.45, 7) is 0. The summed E-state index contributed by atoms with van der Waals surface area (Å²) in [6.07, 6.45) is 5.04. The van der Waals surface area contributed by atoms with Crippen molar-refractivity contribution in [3.8, 4) is 0 Å². The number of anilines is 1. The molecule has 0 atom stereocenters. The van der Waals surface area contributed by atoms with Crippen LogP contribution < -0.4 is 10.6 Å². The van der Waals surface area contributed by atoms with E-state index in [-0.39, 0.29) is 12.8 Å². The summed E-state index contributed by atoms with van der Waals surface area (Å²) in [6, 6.07) is -0.668. The van der Waals surface area contributed by atoms with Crippen LogP contribution in [0.5, 0.6) is 0 Å². The van der Waals surface area contributed by atoms with E-state index < -0.39 is 17.9 Å². The second-order valence-electron chi connectivity index (χ2n) is 3.73. The van der Waals surface area contributed by atoms with E-state index in [9.17, 15) is 14.4 Å². The van der Waals surface area contributed by atoms with Gasteiger partial charge in [-0.15, -0.1) is 0 Å². The molecular weight excluding hydrogens is 252 g/mol. The highest BCUT2D eigenvalue weighted by molar-refractivity contribution is 6.00. The molecular formula is C11H14N4O4. The van der Waals surface area contributed by atoms with E-state index in [2.05, 4.69) is 20.6 Å². The topological polar surface area (TPSA) is 121 Å². The van der Waals surface area contributed by atoms with Gasteiger partial charge in [0.15, 0.2) is 0 Å². The molecule has 3 N–H and O–H groups in total. The first-order valence-electron chi connectivity index (χ1n) is 5.65. The molecule has 0 aliphatic carbocycles. The summed E-state index contributed by atoms with van der Waals surface area (Å²) in [5.41, 5.74) is 0.374. The fourth-order valence-corrected chi connectivity index (χ4v) is 1.28. The molecule has 0 fully saturated rings. The second kappa shape index (κ2) is 7.75. The van der Waals surface area contributed by atoms with Crippen LogP contribution in [0.1, 0.15) is 25.7 Å².